The third-order valence-electron chi connectivity index (χ3n) is 3.68. The van der Waals surface area contributed by atoms with Crippen molar-refractivity contribution in [3.63, 3.8) is 0 Å². The molecule has 1 N–H and O–H groups in total. The van der Waals surface area contributed by atoms with E-state index in [1.807, 2.05) is 25.1 Å². The maximum atomic E-state index is 9.33. The summed E-state index contributed by atoms with van der Waals surface area (Å²) in [6, 6.07) is 10.4. The molecular formula is C17H27N3O. The number of methoxy groups -OCH3 is 1. The fourth-order valence-electron chi connectivity index (χ4n) is 2.32. The lowest BCUT2D eigenvalue weighted by molar-refractivity contribution is 0.405. The molecule has 0 aliphatic carbocycles. The zero-order valence-electron chi connectivity index (χ0n) is 13.6. The van der Waals surface area contributed by atoms with Crippen molar-refractivity contribution in [2.45, 2.75) is 38.6 Å². The average molecular weight is 289 g/mol. The van der Waals surface area contributed by atoms with E-state index in [4.69, 9.17) is 4.74 Å². The van der Waals surface area contributed by atoms with E-state index in [0.717, 1.165) is 43.8 Å². The van der Waals surface area contributed by atoms with E-state index in [2.05, 4.69) is 36.3 Å². The van der Waals surface area contributed by atoms with Crippen LogP contribution in [0.15, 0.2) is 24.3 Å². The average Bonchev–Trinajstić information content (AvgIpc) is 2.52. The molecule has 0 bridgehead atoms. The Morgan fingerprint density at radius 1 is 1.38 bits per heavy atom. The van der Waals surface area contributed by atoms with Gasteiger partial charge >= 0.3 is 0 Å². The minimum absolute atomic E-state index is 0.433. The van der Waals surface area contributed by atoms with Crippen LogP contribution in [0, 0.1) is 11.3 Å². The largest absolute Gasteiger partial charge is 0.495 e. The number of nitrogens with one attached hydrogen (secondary N) is 1. The van der Waals surface area contributed by atoms with Crippen molar-refractivity contribution in [1.29, 1.82) is 5.26 Å². The molecule has 1 rings (SSSR count). The van der Waals surface area contributed by atoms with Crippen molar-refractivity contribution in [3.8, 4) is 11.8 Å². The van der Waals surface area contributed by atoms with E-state index < -0.39 is 5.54 Å². The number of rotatable bonds is 9. The fourth-order valence-corrected chi connectivity index (χ4v) is 2.32. The summed E-state index contributed by atoms with van der Waals surface area (Å²) in [6.07, 6.45) is 2.83. The van der Waals surface area contributed by atoms with E-state index in [-0.39, 0.29) is 0 Å². The Labute approximate surface area is 128 Å². The number of hydrogen-bond acceptors (Lipinski definition) is 4. The summed E-state index contributed by atoms with van der Waals surface area (Å²) >= 11 is 0. The molecule has 1 atom stereocenters. The van der Waals surface area contributed by atoms with Gasteiger partial charge in [-0.05, 0) is 44.9 Å². The Morgan fingerprint density at radius 3 is 2.71 bits per heavy atom. The highest BCUT2D eigenvalue weighted by atomic mass is 16.5. The molecule has 0 saturated carbocycles. The minimum atomic E-state index is -0.433. The molecule has 0 saturated heterocycles. The van der Waals surface area contributed by atoms with Gasteiger partial charge in [-0.3, -0.25) is 5.32 Å². The van der Waals surface area contributed by atoms with Crippen LogP contribution in [0.25, 0.3) is 0 Å². The van der Waals surface area contributed by atoms with Crippen LogP contribution >= 0.6 is 0 Å². The monoisotopic (exact) mass is 289 g/mol. The predicted molar refractivity (Wildman–Crippen MR) is 87.8 cm³/mol. The highest BCUT2D eigenvalue weighted by Gasteiger charge is 2.22. The number of benzene rings is 1. The van der Waals surface area contributed by atoms with Crippen LogP contribution in [-0.2, 0) is 0 Å². The first-order valence-corrected chi connectivity index (χ1v) is 7.56. The van der Waals surface area contributed by atoms with Gasteiger partial charge < -0.3 is 9.64 Å². The van der Waals surface area contributed by atoms with Gasteiger partial charge in [0, 0.05) is 13.6 Å². The van der Waals surface area contributed by atoms with Crippen molar-refractivity contribution in [2.24, 2.45) is 0 Å². The SMILES string of the molecule is CCCNC(C)(C#N)CCCN(C)c1ccccc1OC. The molecule has 0 aliphatic rings. The van der Waals surface area contributed by atoms with Crippen LogP contribution in [0.5, 0.6) is 5.75 Å². The lowest BCUT2D eigenvalue weighted by Crippen LogP contribution is -2.41. The number of nitrogens with zero attached hydrogens (tertiary/aromatic N) is 2. The summed E-state index contributed by atoms with van der Waals surface area (Å²) < 4.78 is 5.38. The third kappa shape index (κ3) is 5.28. The van der Waals surface area contributed by atoms with Gasteiger partial charge in [0.15, 0.2) is 0 Å². The lowest BCUT2D eigenvalue weighted by atomic mass is 9.97. The topological polar surface area (TPSA) is 48.3 Å². The summed E-state index contributed by atoms with van der Waals surface area (Å²) in [7, 11) is 3.75. The first kappa shape index (κ1) is 17.3. The van der Waals surface area contributed by atoms with Crippen LogP contribution in [0.1, 0.15) is 33.1 Å². The van der Waals surface area contributed by atoms with Crippen molar-refractivity contribution >= 4 is 5.69 Å². The van der Waals surface area contributed by atoms with Crippen LogP contribution in [0.3, 0.4) is 0 Å². The second-order valence-corrected chi connectivity index (χ2v) is 5.57. The quantitative estimate of drug-likeness (QED) is 0.758. The zero-order chi connectivity index (χ0) is 15.7. The van der Waals surface area contributed by atoms with Gasteiger partial charge in [0.1, 0.15) is 11.3 Å². The van der Waals surface area contributed by atoms with Gasteiger partial charge in [-0.15, -0.1) is 0 Å². The van der Waals surface area contributed by atoms with E-state index >= 15 is 0 Å². The number of nitriles is 1. The van der Waals surface area contributed by atoms with E-state index in [1.165, 1.54) is 0 Å². The lowest BCUT2D eigenvalue weighted by Gasteiger charge is -2.26. The molecular weight excluding hydrogens is 262 g/mol. The van der Waals surface area contributed by atoms with Crippen LogP contribution in [-0.4, -0.2) is 32.8 Å². The van der Waals surface area contributed by atoms with Crippen LogP contribution in [0.4, 0.5) is 5.69 Å². The molecule has 0 heterocycles. The van der Waals surface area contributed by atoms with Crippen molar-refractivity contribution in [1.82, 2.24) is 5.32 Å². The Kier molecular flexibility index (Phi) is 7.04. The summed E-state index contributed by atoms with van der Waals surface area (Å²) in [4.78, 5) is 2.18. The Morgan fingerprint density at radius 2 is 2.10 bits per heavy atom. The smallest absolute Gasteiger partial charge is 0.142 e. The number of anilines is 1. The maximum absolute atomic E-state index is 9.33. The highest BCUT2D eigenvalue weighted by molar-refractivity contribution is 5.57. The van der Waals surface area contributed by atoms with Crippen molar-refractivity contribution in [2.75, 3.05) is 32.1 Å². The first-order chi connectivity index (χ1) is 10.1. The summed E-state index contributed by atoms with van der Waals surface area (Å²) in [5.41, 5.74) is 0.651. The van der Waals surface area contributed by atoms with Gasteiger partial charge in [0.05, 0.1) is 18.9 Å². The molecule has 0 fully saturated rings. The van der Waals surface area contributed by atoms with Crippen LogP contribution in [0.2, 0.25) is 0 Å². The Hall–Kier alpha value is -1.73. The second kappa shape index (κ2) is 8.53. The molecule has 1 aromatic carbocycles. The van der Waals surface area contributed by atoms with E-state index in [0.29, 0.717) is 0 Å². The van der Waals surface area contributed by atoms with Crippen LogP contribution < -0.4 is 15.0 Å². The fraction of sp³-hybridized carbons (Fsp3) is 0.588. The van der Waals surface area contributed by atoms with Gasteiger partial charge in [-0.1, -0.05) is 19.1 Å². The summed E-state index contributed by atoms with van der Waals surface area (Å²) in [6.45, 7) is 5.86. The molecule has 0 spiro atoms. The van der Waals surface area contributed by atoms with Gasteiger partial charge in [-0.25, -0.2) is 0 Å². The molecule has 0 aromatic heterocycles. The normalized spacial score (nSPS) is 13.3. The minimum Gasteiger partial charge on any atom is -0.495 e. The van der Waals surface area contributed by atoms with E-state index in [1.54, 1.807) is 7.11 Å². The zero-order valence-corrected chi connectivity index (χ0v) is 13.6. The standard InChI is InChI=1S/C17H27N3O/c1-5-12-19-17(2,14-18)11-8-13-20(3)15-9-6-7-10-16(15)21-4/h6-7,9-10,19H,5,8,11-13H2,1-4H3. The number of ether oxygens (including phenoxy) is 1. The first-order valence-electron chi connectivity index (χ1n) is 7.56. The van der Waals surface area contributed by atoms with E-state index in [9.17, 15) is 5.26 Å². The van der Waals surface area contributed by atoms with Crippen molar-refractivity contribution in [3.05, 3.63) is 24.3 Å². The third-order valence-corrected chi connectivity index (χ3v) is 3.68. The Balaban J connectivity index is 2.53. The van der Waals surface area contributed by atoms with Gasteiger partial charge in [0.2, 0.25) is 0 Å². The van der Waals surface area contributed by atoms with Gasteiger partial charge in [-0.2, -0.15) is 5.26 Å². The molecule has 0 radical (unpaired) electrons. The highest BCUT2D eigenvalue weighted by Crippen LogP contribution is 2.27. The predicted octanol–water partition coefficient (Wildman–Crippen LogP) is 3.19. The molecule has 4 heteroatoms. The molecule has 0 aliphatic heterocycles. The van der Waals surface area contributed by atoms with Crippen molar-refractivity contribution < 1.29 is 4.74 Å². The molecule has 1 unspecified atom stereocenters. The molecule has 4 nitrogen and oxygen atoms in total. The molecule has 0 amide bonds. The maximum Gasteiger partial charge on any atom is 0.142 e. The summed E-state index contributed by atoms with van der Waals surface area (Å²) in [5.74, 6) is 0.882. The molecule has 116 valence electrons. The number of hydrogen-bond donors (Lipinski definition) is 1. The summed E-state index contributed by atoms with van der Waals surface area (Å²) in [5, 5.41) is 12.7. The van der Waals surface area contributed by atoms with Gasteiger partial charge in [0.25, 0.3) is 0 Å². The molecule has 21 heavy (non-hydrogen) atoms. The second-order valence-electron chi connectivity index (χ2n) is 5.57. The molecule has 1 aromatic rings. The number of para-hydroxylation sites is 2. The Bertz CT molecular complexity index is 469.